The van der Waals surface area contributed by atoms with Gasteiger partial charge in [0.1, 0.15) is 5.60 Å². The van der Waals surface area contributed by atoms with Crippen molar-refractivity contribution in [3.05, 3.63) is 82.9 Å². The van der Waals surface area contributed by atoms with Gasteiger partial charge in [0.15, 0.2) is 0 Å². The zero-order valence-electron chi connectivity index (χ0n) is 15.0. The van der Waals surface area contributed by atoms with Gasteiger partial charge < -0.3 is 9.64 Å². The van der Waals surface area contributed by atoms with Crippen LogP contribution in [-0.4, -0.2) is 17.5 Å². The van der Waals surface area contributed by atoms with E-state index in [0.717, 1.165) is 28.4 Å². The van der Waals surface area contributed by atoms with Gasteiger partial charge in [-0.15, -0.1) is 6.58 Å². The van der Waals surface area contributed by atoms with Crippen LogP contribution in [0.25, 0.3) is 0 Å². The molecule has 0 saturated carbocycles. The molecule has 2 aromatic carbocycles. The van der Waals surface area contributed by atoms with Crippen molar-refractivity contribution in [3.63, 3.8) is 0 Å². The van der Waals surface area contributed by atoms with E-state index in [2.05, 4.69) is 41.6 Å². The highest BCUT2D eigenvalue weighted by Crippen LogP contribution is 2.40. The first-order chi connectivity index (χ1) is 12.6. The van der Waals surface area contributed by atoms with E-state index < -0.39 is 5.60 Å². The number of ether oxygens (including phenoxy) is 1. The summed E-state index contributed by atoms with van der Waals surface area (Å²) in [5.74, 6) is 0. The molecule has 0 N–H and O–H groups in total. The van der Waals surface area contributed by atoms with Crippen LogP contribution < -0.4 is 0 Å². The van der Waals surface area contributed by atoms with Gasteiger partial charge in [-0.3, -0.25) is 0 Å². The molecule has 2 atom stereocenters. The van der Waals surface area contributed by atoms with Crippen LogP contribution in [-0.2, 0) is 10.3 Å². The van der Waals surface area contributed by atoms with Crippen LogP contribution in [0.5, 0.6) is 0 Å². The van der Waals surface area contributed by atoms with Crippen LogP contribution in [0, 0.1) is 0 Å². The summed E-state index contributed by atoms with van der Waals surface area (Å²) in [6, 6.07) is 18.2. The highest BCUT2D eigenvalue weighted by molar-refractivity contribution is 9.10. The minimum absolute atomic E-state index is 0.0214. The van der Waals surface area contributed by atoms with Gasteiger partial charge in [0.25, 0.3) is 0 Å². The minimum Gasteiger partial charge on any atom is -0.437 e. The number of carbonyl (C=O) groups is 1. The Labute approximate surface area is 163 Å². The van der Waals surface area contributed by atoms with E-state index in [1.807, 2.05) is 53.4 Å². The summed E-state index contributed by atoms with van der Waals surface area (Å²) >= 11 is 3.47. The molecule has 1 heterocycles. The molecule has 2 aromatic rings. The molecule has 1 saturated heterocycles. The van der Waals surface area contributed by atoms with Crippen molar-refractivity contribution in [1.29, 1.82) is 0 Å². The second-order valence-electron chi connectivity index (χ2n) is 6.64. The number of carbonyl (C=O) groups excluding carboxylic acids is 1. The molecule has 0 radical (unpaired) electrons. The quantitative estimate of drug-likeness (QED) is 0.526. The molecule has 136 valence electrons. The molecule has 0 aromatic heterocycles. The molecule has 3 rings (SSSR count). The Morgan fingerprint density at radius 3 is 2.50 bits per heavy atom. The summed E-state index contributed by atoms with van der Waals surface area (Å²) in [7, 11) is 0. The average Bonchev–Trinajstić information content (AvgIpc) is 2.66. The zero-order chi connectivity index (χ0) is 18.6. The third kappa shape index (κ3) is 3.70. The highest BCUT2D eigenvalue weighted by atomic mass is 79.9. The molecule has 3 nitrogen and oxygen atoms in total. The number of nitrogens with zero attached hydrogens (tertiary/aromatic N) is 1. The van der Waals surface area contributed by atoms with Gasteiger partial charge in [-0.2, -0.15) is 0 Å². The Hall–Kier alpha value is -2.07. The van der Waals surface area contributed by atoms with Gasteiger partial charge >= 0.3 is 6.09 Å². The fourth-order valence-corrected chi connectivity index (χ4v) is 3.98. The Kier molecular flexibility index (Phi) is 5.82. The van der Waals surface area contributed by atoms with Gasteiger partial charge in [-0.05, 0) is 29.7 Å². The van der Waals surface area contributed by atoms with Crippen LogP contribution in [0.3, 0.4) is 0 Å². The van der Waals surface area contributed by atoms with Crippen molar-refractivity contribution in [1.82, 2.24) is 4.90 Å². The van der Waals surface area contributed by atoms with Crippen LogP contribution in [0.2, 0.25) is 0 Å². The number of halogens is 1. The standard InChI is InChI=1S/C22H24BrNO2/c1-3-14-22(18-8-6-5-7-9-18)15-16-24(21(25)26-22)20(4-2)17-10-12-19(23)13-11-17/h3,5-13,20H,1,4,14-16H2,2H3/t20-,22+/m0/s1. The highest BCUT2D eigenvalue weighted by Gasteiger charge is 2.43. The molecule has 1 aliphatic rings. The molecule has 0 unspecified atom stereocenters. The number of hydrogen-bond donors (Lipinski definition) is 0. The molecule has 0 spiro atoms. The number of amides is 1. The normalized spacial score (nSPS) is 21.2. The third-order valence-electron chi connectivity index (χ3n) is 5.07. The summed E-state index contributed by atoms with van der Waals surface area (Å²) in [5.41, 5.74) is 1.54. The van der Waals surface area contributed by atoms with Crippen LogP contribution in [0.4, 0.5) is 4.79 Å². The molecule has 1 fully saturated rings. The Balaban J connectivity index is 1.85. The summed E-state index contributed by atoms with van der Waals surface area (Å²) in [6.07, 6.45) is 3.79. The molecular weight excluding hydrogens is 390 g/mol. The summed E-state index contributed by atoms with van der Waals surface area (Å²) in [6.45, 7) is 6.63. The van der Waals surface area contributed by atoms with E-state index in [9.17, 15) is 4.79 Å². The van der Waals surface area contributed by atoms with Crippen molar-refractivity contribution in [2.75, 3.05) is 6.54 Å². The number of cyclic esters (lactones) is 1. The van der Waals surface area contributed by atoms with Gasteiger partial charge in [-0.25, -0.2) is 4.79 Å². The molecule has 4 heteroatoms. The maximum absolute atomic E-state index is 13.0. The Bertz CT molecular complexity index is 759. The first kappa shape index (κ1) is 18.7. The largest absolute Gasteiger partial charge is 0.437 e. The van der Waals surface area contributed by atoms with E-state index in [4.69, 9.17) is 4.74 Å². The van der Waals surface area contributed by atoms with Crippen LogP contribution >= 0.6 is 15.9 Å². The number of rotatable bonds is 6. The molecule has 26 heavy (non-hydrogen) atoms. The molecular formula is C22H24BrNO2. The van der Waals surface area contributed by atoms with Crippen molar-refractivity contribution in [2.24, 2.45) is 0 Å². The van der Waals surface area contributed by atoms with Crippen molar-refractivity contribution in [2.45, 2.75) is 37.8 Å². The fraction of sp³-hybridized carbons (Fsp3) is 0.318. The molecule has 1 aliphatic heterocycles. The third-order valence-corrected chi connectivity index (χ3v) is 5.59. The van der Waals surface area contributed by atoms with E-state index >= 15 is 0 Å². The van der Waals surface area contributed by atoms with Gasteiger partial charge in [0, 0.05) is 23.9 Å². The lowest BCUT2D eigenvalue weighted by molar-refractivity contribution is -0.0607. The molecule has 0 aliphatic carbocycles. The van der Waals surface area contributed by atoms with Gasteiger partial charge in [0.05, 0.1) is 6.04 Å². The lowest BCUT2D eigenvalue weighted by Crippen LogP contribution is -2.49. The first-order valence-electron chi connectivity index (χ1n) is 9.01. The van der Waals surface area contributed by atoms with Crippen molar-refractivity contribution < 1.29 is 9.53 Å². The zero-order valence-corrected chi connectivity index (χ0v) is 16.6. The van der Waals surface area contributed by atoms with Gasteiger partial charge in [0.2, 0.25) is 0 Å². The van der Waals surface area contributed by atoms with E-state index in [1.165, 1.54) is 0 Å². The topological polar surface area (TPSA) is 29.5 Å². The maximum Gasteiger partial charge on any atom is 0.411 e. The molecule has 1 amide bonds. The first-order valence-corrected chi connectivity index (χ1v) is 9.80. The predicted octanol–water partition coefficient (Wildman–Crippen LogP) is 6.21. The average molecular weight is 414 g/mol. The fourth-order valence-electron chi connectivity index (χ4n) is 3.71. The van der Waals surface area contributed by atoms with Crippen LogP contribution in [0.1, 0.15) is 43.4 Å². The monoisotopic (exact) mass is 413 g/mol. The molecule has 0 bridgehead atoms. The second kappa shape index (κ2) is 8.09. The SMILES string of the molecule is C=CC[C@]1(c2ccccc2)CCN([C@@H](CC)c2ccc(Br)cc2)C(=O)O1. The second-order valence-corrected chi connectivity index (χ2v) is 7.56. The van der Waals surface area contributed by atoms with Gasteiger partial charge in [-0.1, -0.05) is 71.4 Å². The lowest BCUT2D eigenvalue weighted by Gasteiger charge is -2.43. The predicted molar refractivity (Wildman–Crippen MR) is 108 cm³/mol. The maximum atomic E-state index is 13.0. The van der Waals surface area contributed by atoms with Crippen LogP contribution in [0.15, 0.2) is 71.7 Å². The Morgan fingerprint density at radius 2 is 1.92 bits per heavy atom. The van der Waals surface area contributed by atoms with E-state index in [-0.39, 0.29) is 12.1 Å². The minimum atomic E-state index is -0.616. The summed E-state index contributed by atoms with van der Waals surface area (Å²) in [5, 5.41) is 0. The number of benzene rings is 2. The van der Waals surface area contributed by atoms with Crippen molar-refractivity contribution in [3.8, 4) is 0 Å². The summed E-state index contributed by atoms with van der Waals surface area (Å²) < 4.78 is 7.08. The smallest absolute Gasteiger partial charge is 0.411 e. The van der Waals surface area contributed by atoms with E-state index in [0.29, 0.717) is 13.0 Å². The lowest BCUT2D eigenvalue weighted by atomic mass is 9.85. The van der Waals surface area contributed by atoms with E-state index in [1.54, 1.807) is 0 Å². The summed E-state index contributed by atoms with van der Waals surface area (Å²) in [4.78, 5) is 14.8. The van der Waals surface area contributed by atoms with Crippen molar-refractivity contribution >= 4 is 22.0 Å². The Morgan fingerprint density at radius 1 is 1.23 bits per heavy atom. The number of hydrogen-bond acceptors (Lipinski definition) is 2.